The second-order valence-electron chi connectivity index (χ2n) is 3.36. The first-order valence-corrected chi connectivity index (χ1v) is 4.92. The Bertz CT molecular complexity index is 346. The van der Waals surface area contributed by atoms with Crippen molar-refractivity contribution in [2.24, 2.45) is 0 Å². The van der Waals surface area contributed by atoms with Gasteiger partial charge in [0.15, 0.2) is 0 Å². The van der Waals surface area contributed by atoms with Crippen LogP contribution in [0.25, 0.3) is 0 Å². The van der Waals surface area contributed by atoms with Gasteiger partial charge in [-0.2, -0.15) is 0 Å². The maximum atomic E-state index is 11.5. The van der Waals surface area contributed by atoms with E-state index in [9.17, 15) is 4.79 Å². The molecule has 1 aromatic rings. The Morgan fingerprint density at radius 2 is 1.80 bits per heavy atom. The number of benzene rings is 1. The predicted octanol–water partition coefficient (Wildman–Crippen LogP) is 2.49. The SMILES string of the molecule is CCOC(=O)c1cc(C)c(OC)c(C)c1. The molecule has 0 fully saturated rings. The molecule has 15 heavy (non-hydrogen) atoms. The summed E-state index contributed by atoms with van der Waals surface area (Å²) < 4.78 is 10.2. The largest absolute Gasteiger partial charge is 0.496 e. The van der Waals surface area contributed by atoms with Crippen molar-refractivity contribution in [2.45, 2.75) is 20.8 Å². The minimum absolute atomic E-state index is 0.286. The summed E-state index contributed by atoms with van der Waals surface area (Å²) in [5, 5.41) is 0. The molecule has 0 saturated carbocycles. The fraction of sp³-hybridized carbons (Fsp3) is 0.417. The molecule has 3 nitrogen and oxygen atoms in total. The fourth-order valence-corrected chi connectivity index (χ4v) is 1.60. The van der Waals surface area contributed by atoms with Crippen LogP contribution in [-0.4, -0.2) is 19.7 Å². The standard InChI is InChI=1S/C12H16O3/c1-5-15-12(13)10-6-8(2)11(14-4)9(3)7-10/h6-7H,5H2,1-4H3. The van der Waals surface area contributed by atoms with E-state index in [4.69, 9.17) is 9.47 Å². The van der Waals surface area contributed by atoms with E-state index in [0.29, 0.717) is 12.2 Å². The Morgan fingerprint density at radius 3 is 2.20 bits per heavy atom. The van der Waals surface area contributed by atoms with E-state index >= 15 is 0 Å². The van der Waals surface area contributed by atoms with E-state index in [2.05, 4.69) is 0 Å². The fourth-order valence-electron chi connectivity index (χ4n) is 1.60. The van der Waals surface area contributed by atoms with Gasteiger partial charge >= 0.3 is 5.97 Å². The number of esters is 1. The molecule has 0 atom stereocenters. The first kappa shape index (κ1) is 11.6. The minimum Gasteiger partial charge on any atom is -0.496 e. The van der Waals surface area contributed by atoms with Crippen LogP contribution in [0, 0.1) is 13.8 Å². The van der Waals surface area contributed by atoms with Crippen molar-refractivity contribution < 1.29 is 14.3 Å². The topological polar surface area (TPSA) is 35.5 Å². The van der Waals surface area contributed by atoms with Gasteiger partial charge in [-0.1, -0.05) is 0 Å². The number of rotatable bonds is 3. The first-order valence-electron chi connectivity index (χ1n) is 4.92. The molecule has 0 aliphatic heterocycles. The molecule has 0 aromatic heterocycles. The summed E-state index contributed by atoms with van der Waals surface area (Å²) in [4.78, 5) is 11.5. The van der Waals surface area contributed by atoms with E-state index in [-0.39, 0.29) is 5.97 Å². The van der Waals surface area contributed by atoms with Crippen LogP contribution < -0.4 is 4.74 Å². The molecule has 0 aliphatic carbocycles. The highest BCUT2D eigenvalue weighted by Gasteiger charge is 2.11. The summed E-state index contributed by atoms with van der Waals surface area (Å²) in [5.41, 5.74) is 2.47. The molecule has 0 N–H and O–H groups in total. The lowest BCUT2D eigenvalue weighted by atomic mass is 10.1. The summed E-state index contributed by atoms with van der Waals surface area (Å²) in [5.74, 6) is 0.536. The average Bonchev–Trinajstić information content (AvgIpc) is 2.17. The molecule has 3 heteroatoms. The van der Waals surface area contributed by atoms with E-state index < -0.39 is 0 Å². The molecule has 0 radical (unpaired) electrons. The molecule has 0 heterocycles. The van der Waals surface area contributed by atoms with Gasteiger partial charge in [0.2, 0.25) is 0 Å². The Morgan fingerprint density at radius 1 is 1.27 bits per heavy atom. The third-order valence-corrected chi connectivity index (χ3v) is 2.18. The zero-order valence-corrected chi connectivity index (χ0v) is 9.59. The van der Waals surface area contributed by atoms with E-state index in [1.54, 1.807) is 26.2 Å². The van der Waals surface area contributed by atoms with Crippen LogP contribution in [0.2, 0.25) is 0 Å². The number of aryl methyl sites for hydroxylation is 2. The first-order chi connectivity index (χ1) is 7.10. The van der Waals surface area contributed by atoms with Crippen molar-refractivity contribution in [3.63, 3.8) is 0 Å². The molecule has 0 unspecified atom stereocenters. The van der Waals surface area contributed by atoms with E-state index in [1.807, 2.05) is 13.8 Å². The van der Waals surface area contributed by atoms with Crippen LogP contribution in [0.1, 0.15) is 28.4 Å². The highest BCUT2D eigenvalue weighted by atomic mass is 16.5. The second kappa shape index (κ2) is 4.82. The maximum absolute atomic E-state index is 11.5. The lowest BCUT2D eigenvalue weighted by Gasteiger charge is -2.10. The summed E-state index contributed by atoms with van der Waals surface area (Å²) in [6.45, 7) is 6.01. The average molecular weight is 208 g/mol. The Labute approximate surface area is 90.0 Å². The Balaban J connectivity index is 3.08. The molecule has 0 bridgehead atoms. The minimum atomic E-state index is -0.286. The molecule has 1 aromatic carbocycles. The number of methoxy groups -OCH3 is 1. The molecule has 0 amide bonds. The Kier molecular flexibility index (Phi) is 3.72. The quantitative estimate of drug-likeness (QED) is 0.716. The molecule has 0 spiro atoms. The second-order valence-corrected chi connectivity index (χ2v) is 3.36. The third-order valence-electron chi connectivity index (χ3n) is 2.18. The monoisotopic (exact) mass is 208 g/mol. The lowest BCUT2D eigenvalue weighted by Crippen LogP contribution is -2.06. The summed E-state index contributed by atoms with van der Waals surface area (Å²) >= 11 is 0. The van der Waals surface area contributed by atoms with E-state index in [0.717, 1.165) is 16.9 Å². The predicted molar refractivity (Wildman–Crippen MR) is 58.4 cm³/mol. The van der Waals surface area contributed by atoms with Crippen molar-refractivity contribution in [1.29, 1.82) is 0 Å². The van der Waals surface area contributed by atoms with Gasteiger partial charge in [0, 0.05) is 0 Å². The van der Waals surface area contributed by atoms with Gasteiger partial charge in [-0.05, 0) is 44.0 Å². The van der Waals surface area contributed by atoms with Crippen molar-refractivity contribution in [3.05, 3.63) is 28.8 Å². The van der Waals surface area contributed by atoms with Gasteiger partial charge in [0.25, 0.3) is 0 Å². The van der Waals surface area contributed by atoms with Crippen LogP contribution in [0.4, 0.5) is 0 Å². The van der Waals surface area contributed by atoms with Gasteiger partial charge in [-0.25, -0.2) is 4.79 Å². The van der Waals surface area contributed by atoms with Crippen molar-refractivity contribution in [3.8, 4) is 5.75 Å². The number of carbonyl (C=O) groups is 1. The van der Waals surface area contributed by atoms with Gasteiger partial charge in [-0.3, -0.25) is 0 Å². The van der Waals surface area contributed by atoms with Crippen molar-refractivity contribution in [1.82, 2.24) is 0 Å². The number of hydrogen-bond acceptors (Lipinski definition) is 3. The van der Waals surface area contributed by atoms with Crippen LogP contribution in [0.15, 0.2) is 12.1 Å². The van der Waals surface area contributed by atoms with E-state index in [1.165, 1.54) is 0 Å². The van der Waals surface area contributed by atoms with Crippen LogP contribution in [-0.2, 0) is 4.74 Å². The summed E-state index contributed by atoms with van der Waals surface area (Å²) in [6, 6.07) is 3.56. The van der Waals surface area contributed by atoms with Gasteiger partial charge in [0.1, 0.15) is 5.75 Å². The zero-order valence-electron chi connectivity index (χ0n) is 9.59. The number of hydrogen-bond donors (Lipinski definition) is 0. The number of ether oxygens (including phenoxy) is 2. The molecular formula is C12H16O3. The molecule has 0 saturated heterocycles. The van der Waals surface area contributed by atoms with Gasteiger partial charge in [-0.15, -0.1) is 0 Å². The Hall–Kier alpha value is -1.51. The van der Waals surface area contributed by atoms with Crippen LogP contribution in [0.5, 0.6) is 5.75 Å². The smallest absolute Gasteiger partial charge is 0.338 e. The third kappa shape index (κ3) is 2.49. The zero-order chi connectivity index (χ0) is 11.4. The van der Waals surface area contributed by atoms with Crippen LogP contribution in [0.3, 0.4) is 0 Å². The highest BCUT2D eigenvalue weighted by molar-refractivity contribution is 5.90. The normalized spacial score (nSPS) is 9.87. The van der Waals surface area contributed by atoms with Gasteiger partial charge < -0.3 is 9.47 Å². The number of carbonyl (C=O) groups excluding carboxylic acids is 1. The molecule has 1 rings (SSSR count). The molecular weight excluding hydrogens is 192 g/mol. The van der Waals surface area contributed by atoms with Crippen molar-refractivity contribution >= 4 is 5.97 Å². The lowest BCUT2D eigenvalue weighted by molar-refractivity contribution is 0.0526. The highest BCUT2D eigenvalue weighted by Crippen LogP contribution is 2.24. The van der Waals surface area contributed by atoms with Crippen molar-refractivity contribution in [2.75, 3.05) is 13.7 Å². The summed E-state index contributed by atoms with van der Waals surface area (Å²) in [6.07, 6.45) is 0. The van der Waals surface area contributed by atoms with Crippen LogP contribution >= 0.6 is 0 Å². The maximum Gasteiger partial charge on any atom is 0.338 e. The molecule has 0 aliphatic rings. The van der Waals surface area contributed by atoms with Gasteiger partial charge in [0.05, 0.1) is 19.3 Å². The molecule has 82 valence electrons. The summed E-state index contributed by atoms with van der Waals surface area (Å²) in [7, 11) is 1.62.